The summed E-state index contributed by atoms with van der Waals surface area (Å²) in [6.45, 7) is 1.85. The predicted molar refractivity (Wildman–Crippen MR) is 93.6 cm³/mol. The van der Waals surface area contributed by atoms with Crippen LogP contribution in [0.2, 0.25) is 0 Å². The van der Waals surface area contributed by atoms with Gasteiger partial charge in [0.25, 0.3) is 0 Å². The Balaban J connectivity index is 1.56. The Bertz CT molecular complexity index is 692. The number of ether oxygens (including phenoxy) is 1. The molecule has 3 rings (SSSR count). The third-order valence-electron chi connectivity index (χ3n) is 5.06. The monoisotopic (exact) mass is 366 g/mol. The summed E-state index contributed by atoms with van der Waals surface area (Å²) in [6, 6.07) is 7.66. The number of carbonyl (C=O) groups excluding carboxylic acids is 1. The maximum Gasteiger partial charge on any atom is 0.245 e. The van der Waals surface area contributed by atoms with Gasteiger partial charge in [-0.15, -0.1) is 0 Å². The largest absolute Gasteiger partial charge is 0.496 e. The van der Waals surface area contributed by atoms with Crippen LogP contribution in [0.25, 0.3) is 0 Å². The number of oxime groups is 1. The van der Waals surface area contributed by atoms with E-state index >= 15 is 0 Å². The molecule has 2 aliphatic heterocycles. The Morgan fingerprint density at radius 1 is 1.35 bits per heavy atom. The Morgan fingerprint density at radius 3 is 2.69 bits per heavy atom. The van der Waals surface area contributed by atoms with Crippen molar-refractivity contribution in [3.05, 3.63) is 29.8 Å². The molecule has 0 bridgehead atoms. The lowest BCUT2D eigenvalue weighted by Crippen LogP contribution is -2.47. The molecule has 0 atom stereocenters. The van der Waals surface area contributed by atoms with Crippen molar-refractivity contribution in [1.29, 1.82) is 0 Å². The quantitative estimate of drug-likeness (QED) is 0.800. The van der Waals surface area contributed by atoms with E-state index in [-0.39, 0.29) is 12.3 Å². The first-order chi connectivity index (χ1) is 12.3. The summed E-state index contributed by atoms with van der Waals surface area (Å²) < 4.78 is 31.3. The number of carbonyl (C=O) groups is 1. The molecule has 1 aromatic rings. The zero-order chi connectivity index (χ0) is 18.8. The van der Waals surface area contributed by atoms with Crippen LogP contribution in [0.15, 0.2) is 29.4 Å². The molecule has 5 nitrogen and oxygen atoms in total. The van der Waals surface area contributed by atoms with Crippen molar-refractivity contribution in [3.8, 4) is 5.75 Å². The molecule has 1 spiro atoms. The fraction of sp³-hybridized carbons (Fsp3) is 0.579. The summed E-state index contributed by atoms with van der Waals surface area (Å²) in [5.74, 6) is -2.27. The highest BCUT2D eigenvalue weighted by Gasteiger charge is 2.43. The van der Waals surface area contributed by atoms with Gasteiger partial charge in [0.1, 0.15) is 11.4 Å². The number of likely N-dealkylation sites (tertiary alicyclic amines) is 1. The lowest BCUT2D eigenvalue weighted by Gasteiger charge is -2.37. The minimum Gasteiger partial charge on any atom is -0.496 e. The highest BCUT2D eigenvalue weighted by Crippen LogP contribution is 2.37. The topological polar surface area (TPSA) is 51.1 Å². The van der Waals surface area contributed by atoms with Gasteiger partial charge in [-0.05, 0) is 19.1 Å². The number of para-hydroxylation sites is 1. The van der Waals surface area contributed by atoms with Crippen molar-refractivity contribution in [3.63, 3.8) is 0 Å². The van der Waals surface area contributed by atoms with Crippen molar-refractivity contribution >= 4 is 11.6 Å². The maximum atomic E-state index is 12.9. The molecule has 1 amide bonds. The van der Waals surface area contributed by atoms with Gasteiger partial charge in [0.05, 0.1) is 12.8 Å². The number of benzene rings is 1. The molecule has 0 aromatic heterocycles. The molecule has 1 fully saturated rings. The van der Waals surface area contributed by atoms with E-state index in [1.165, 1.54) is 0 Å². The van der Waals surface area contributed by atoms with Crippen LogP contribution in [-0.2, 0) is 9.63 Å². The Kier molecular flexibility index (Phi) is 5.16. The molecule has 0 unspecified atom stereocenters. The summed E-state index contributed by atoms with van der Waals surface area (Å²) in [6.07, 6.45) is 1.40. The van der Waals surface area contributed by atoms with Crippen LogP contribution in [0.5, 0.6) is 5.75 Å². The third kappa shape index (κ3) is 4.14. The Labute approximate surface area is 151 Å². The van der Waals surface area contributed by atoms with Crippen molar-refractivity contribution in [2.45, 2.75) is 50.6 Å². The second kappa shape index (κ2) is 7.21. The molecule has 1 saturated heterocycles. The van der Waals surface area contributed by atoms with Gasteiger partial charge in [-0.25, -0.2) is 8.78 Å². The fourth-order valence-corrected chi connectivity index (χ4v) is 3.47. The van der Waals surface area contributed by atoms with Gasteiger partial charge in [0.2, 0.25) is 11.8 Å². The minimum atomic E-state index is -2.81. The molecule has 0 aliphatic carbocycles. The van der Waals surface area contributed by atoms with Gasteiger partial charge in [-0.3, -0.25) is 4.79 Å². The van der Waals surface area contributed by atoms with Gasteiger partial charge in [0.15, 0.2) is 0 Å². The molecular weight excluding hydrogens is 342 g/mol. The first-order valence-electron chi connectivity index (χ1n) is 8.86. The van der Waals surface area contributed by atoms with Crippen molar-refractivity contribution in [1.82, 2.24) is 4.90 Å². The lowest BCUT2D eigenvalue weighted by molar-refractivity contribution is -0.138. The number of hydrogen-bond acceptors (Lipinski definition) is 4. The summed E-state index contributed by atoms with van der Waals surface area (Å²) in [5, 5.41) is 4.26. The normalized spacial score (nSPS) is 19.2. The highest BCUT2D eigenvalue weighted by molar-refractivity contribution is 6.03. The molecule has 1 aromatic carbocycles. The van der Waals surface area contributed by atoms with Crippen molar-refractivity contribution < 1.29 is 23.1 Å². The van der Waals surface area contributed by atoms with E-state index in [4.69, 9.17) is 9.57 Å². The van der Waals surface area contributed by atoms with Crippen LogP contribution in [0, 0.1) is 0 Å². The first kappa shape index (κ1) is 18.6. The zero-order valence-corrected chi connectivity index (χ0v) is 15.1. The standard InChI is InChI=1S/C19H24F2N2O3/c1-18(20,21)8-7-17(24)23-11-9-19(10-12-23)13-15(22-26-19)14-5-3-4-6-16(14)25-2/h3-6H,7-13H2,1-2H3. The number of methoxy groups -OCH3 is 1. The average molecular weight is 366 g/mol. The van der Waals surface area contributed by atoms with Crippen LogP contribution in [0.4, 0.5) is 8.78 Å². The van der Waals surface area contributed by atoms with E-state index in [2.05, 4.69) is 5.16 Å². The number of amides is 1. The van der Waals surface area contributed by atoms with Crippen LogP contribution < -0.4 is 4.74 Å². The highest BCUT2D eigenvalue weighted by atomic mass is 19.3. The van der Waals surface area contributed by atoms with Gasteiger partial charge in [-0.2, -0.15) is 0 Å². The molecule has 26 heavy (non-hydrogen) atoms. The summed E-state index contributed by atoms with van der Waals surface area (Å²) in [7, 11) is 1.62. The van der Waals surface area contributed by atoms with Crippen molar-refractivity contribution in [2.24, 2.45) is 5.16 Å². The smallest absolute Gasteiger partial charge is 0.245 e. The molecule has 0 radical (unpaired) electrons. The van der Waals surface area contributed by atoms with Gasteiger partial charge < -0.3 is 14.5 Å². The average Bonchev–Trinajstić information content (AvgIpc) is 3.03. The number of nitrogens with zero attached hydrogens (tertiary/aromatic N) is 2. The molecular formula is C19H24F2N2O3. The van der Waals surface area contributed by atoms with E-state index in [0.29, 0.717) is 32.4 Å². The number of rotatable bonds is 5. The van der Waals surface area contributed by atoms with Gasteiger partial charge >= 0.3 is 0 Å². The number of piperidine rings is 1. The van der Waals surface area contributed by atoms with Gasteiger partial charge in [0, 0.05) is 50.8 Å². The maximum absolute atomic E-state index is 12.9. The summed E-state index contributed by atoms with van der Waals surface area (Å²) in [4.78, 5) is 19.5. The molecule has 0 saturated carbocycles. The van der Waals surface area contributed by atoms with Crippen LogP contribution in [0.1, 0.15) is 44.6 Å². The SMILES string of the molecule is COc1ccccc1C1=NOC2(CCN(C(=O)CCC(C)(F)F)CC2)C1. The van der Waals surface area contributed by atoms with E-state index in [0.717, 1.165) is 23.9 Å². The number of alkyl halides is 2. The first-order valence-corrected chi connectivity index (χ1v) is 8.86. The molecule has 2 heterocycles. The second-order valence-electron chi connectivity index (χ2n) is 7.14. The fourth-order valence-electron chi connectivity index (χ4n) is 3.47. The van der Waals surface area contributed by atoms with Crippen LogP contribution >= 0.6 is 0 Å². The Morgan fingerprint density at radius 2 is 2.04 bits per heavy atom. The number of halogens is 2. The minimum absolute atomic E-state index is 0.125. The van der Waals surface area contributed by atoms with Crippen LogP contribution in [0.3, 0.4) is 0 Å². The number of hydrogen-bond donors (Lipinski definition) is 0. The van der Waals surface area contributed by atoms with E-state index in [9.17, 15) is 13.6 Å². The lowest BCUT2D eigenvalue weighted by atomic mass is 9.85. The zero-order valence-electron chi connectivity index (χ0n) is 15.1. The van der Waals surface area contributed by atoms with Crippen molar-refractivity contribution in [2.75, 3.05) is 20.2 Å². The molecule has 142 valence electrons. The van der Waals surface area contributed by atoms with Gasteiger partial charge in [-0.1, -0.05) is 17.3 Å². The summed E-state index contributed by atoms with van der Waals surface area (Å²) >= 11 is 0. The molecule has 7 heteroatoms. The molecule has 0 N–H and O–H groups in total. The second-order valence-corrected chi connectivity index (χ2v) is 7.14. The van der Waals surface area contributed by atoms with E-state index in [1.54, 1.807) is 12.0 Å². The summed E-state index contributed by atoms with van der Waals surface area (Å²) in [5.41, 5.74) is 1.34. The third-order valence-corrected chi connectivity index (χ3v) is 5.06. The predicted octanol–water partition coefficient (Wildman–Crippen LogP) is 3.62. The van der Waals surface area contributed by atoms with Crippen LogP contribution in [-0.4, -0.2) is 48.2 Å². The van der Waals surface area contributed by atoms with E-state index < -0.39 is 17.9 Å². The Hall–Kier alpha value is -2.18. The van der Waals surface area contributed by atoms with E-state index in [1.807, 2.05) is 24.3 Å². The molecule has 2 aliphatic rings.